The summed E-state index contributed by atoms with van der Waals surface area (Å²) in [5, 5.41) is 7.41. The Balaban J connectivity index is 1.50. The van der Waals surface area contributed by atoms with Crippen molar-refractivity contribution in [3.63, 3.8) is 0 Å². The molecule has 6 rings (SSSR count). The van der Waals surface area contributed by atoms with E-state index in [2.05, 4.69) is 35.5 Å². The molecule has 2 aliphatic rings. The van der Waals surface area contributed by atoms with E-state index in [1.807, 2.05) is 0 Å². The lowest BCUT2D eigenvalue weighted by Crippen LogP contribution is -2.46. The van der Waals surface area contributed by atoms with Gasteiger partial charge in [0.2, 0.25) is 5.95 Å². The second-order valence-electron chi connectivity index (χ2n) is 8.63. The van der Waals surface area contributed by atoms with E-state index in [-0.39, 0.29) is 17.9 Å². The van der Waals surface area contributed by atoms with E-state index in [0.29, 0.717) is 40.7 Å². The van der Waals surface area contributed by atoms with Gasteiger partial charge in [0.05, 0.1) is 29.0 Å². The van der Waals surface area contributed by atoms with Crippen molar-refractivity contribution < 1.29 is 9.13 Å². The quantitative estimate of drug-likeness (QED) is 0.363. The molecular weight excluding hydrogens is 425 g/mol. The van der Waals surface area contributed by atoms with Gasteiger partial charge in [0.1, 0.15) is 17.3 Å². The molecule has 5 N–H and O–H groups in total. The molecule has 1 aliphatic heterocycles. The average molecular weight is 449 g/mol. The number of aromatic nitrogens is 5. The number of hydrogen-bond acceptors (Lipinski definition) is 9. The summed E-state index contributed by atoms with van der Waals surface area (Å²) in [4.78, 5) is 23.3. The SMILES string of the molecule is CNc1ncc(Oc2nc(N3CC4CC(N)C4C3)c3c(n2)[nH]c2c(NC)cc(F)cc23)cn1. The number of rotatable bonds is 5. The number of ether oxygens (including phenoxy) is 1. The maximum Gasteiger partial charge on any atom is 0.326 e. The molecule has 4 aromatic rings. The fourth-order valence-corrected chi connectivity index (χ4v) is 5.03. The number of halogens is 1. The van der Waals surface area contributed by atoms with E-state index in [9.17, 15) is 4.39 Å². The standard InChI is InChI=1S/C22H24FN9O/c1-25-16-5-11(23)4-13-17-19(29-18(13)16)30-22(33-12-6-27-21(26-2)28-7-12)31-20(17)32-8-10-3-15(24)14(10)9-32/h4-7,10,14-15,25H,3,8-9,24H2,1-2H3,(H,26,27,28)(H,29,30,31). The third-order valence-corrected chi connectivity index (χ3v) is 6.73. The van der Waals surface area contributed by atoms with Gasteiger partial charge in [-0.1, -0.05) is 0 Å². The maximum atomic E-state index is 14.4. The van der Waals surface area contributed by atoms with Crippen LogP contribution in [0.25, 0.3) is 21.9 Å². The normalized spacial score (nSPS) is 21.8. The molecule has 0 bridgehead atoms. The minimum atomic E-state index is -0.329. The van der Waals surface area contributed by atoms with Crippen molar-refractivity contribution in [1.29, 1.82) is 0 Å². The first-order valence-corrected chi connectivity index (χ1v) is 10.9. The van der Waals surface area contributed by atoms with E-state index in [1.54, 1.807) is 26.5 Å². The van der Waals surface area contributed by atoms with E-state index in [1.165, 1.54) is 12.1 Å². The summed E-state index contributed by atoms with van der Waals surface area (Å²) in [6, 6.07) is 3.35. The largest absolute Gasteiger partial charge is 0.421 e. The molecule has 1 saturated carbocycles. The topological polar surface area (TPSA) is 130 Å². The number of nitrogens with zero attached hydrogens (tertiary/aromatic N) is 5. The second-order valence-corrected chi connectivity index (χ2v) is 8.63. The van der Waals surface area contributed by atoms with E-state index in [0.717, 1.165) is 35.8 Å². The molecule has 3 unspecified atom stereocenters. The molecule has 0 amide bonds. The molecule has 170 valence electrons. The number of aromatic amines is 1. The fraction of sp³-hybridized carbons (Fsp3) is 0.364. The number of anilines is 3. The highest BCUT2D eigenvalue weighted by atomic mass is 19.1. The molecule has 0 spiro atoms. The van der Waals surface area contributed by atoms with Crippen molar-refractivity contribution >= 4 is 39.4 Å². The van der Waals surface area contributed by atoms with E-state index >= 15 is 0 Å². The van der Waals surface area contributed by atoms with Gasteiger partial charge in [0, 0.05) is 38.6 Å². The molecule has 11 heteroatoms. The number of benzene rings is 1. The number of nitrogens with one attached hydrogen (secondary N) is 3. The number of fused-ring (bicyclic) bond motifs is 4. The van der Waals surface area contributed by atoms with Gasteiger partial charge in [0.15, 0.2) is 5.75 Å². The van der Waals surface area contributed by atoms with Crippen LogP contribution < -0.4 is 26.0 Å². The van der Waals surface area contributed by atoms with Crippen molar-refractivity contribution in [1.82, 2.24) is 24.9 Å². The molecular formula is C22H24FN9O. The molecule has 4 heterocycles. The lowest BCUT2D eigenvalue weighted by molar-refractivity contribution is 0.194. The van der Waals surface area contributed by atoms with Gasteiger partial charge < -0.3 is 31.0 Å². The molecule has 10 nitrogen and oxygen atoms in total. The Hall–Kier alpha value is -3.73. The van der Waals surface area contributed by atoms with Crippen molar-refractivity contribution in [2.75, 3.05) is 42.7 Å². The summed E-state index contributed by atoms with van der Waals surface area (Å²) < 4.78 is 20.4. The molecule has 0 radical (unpaired) electrons. The predicted octanol–water partition coefficient (Wildman–Crippen LogP) is 2.70. The fourth-order valence-electron chi connectivity index (χ4n) is 5.03. The van der Waals surface area contributed by atoms with Crippen LogP contribution in [0, 0.1) is 17.7 Å². The summed E-state index contributed by atoms with van der Waals surface area (Å²) in [6.45, 7) is 1.66. The molecule has 1 aliphatic carbocycles. The Morgan fingerprint density at radius 1 is 1.15 bits per heavy atom. The Bertz CT molecular complexity index is 1360. The molecule has 33 heavy (non-hydrogen) atoms. The second kappa shape index (κ2) is 7.41. The Morgan fingerprint density at radius 3 is 2.67 bits per heavy atom. The lowest BCUT2D eigenvalue weighted by atomic mass is 9.72. The van der Waals surface area contributed by atoms with Crippen LogP contribution in [-0.2, 0) is 0 Å². The van der Waals surface area contributed by atoms with Gasteiger partial charge in [-0.25, -0.2) is 14.4 Å². The van der Waals surface area contributed by atoms with Crippen LogP contribution in [0.4, 0.5) is 21.8 Å². The van der Waals surface area contributed by atoms with Crippen LogP contribution in [0.5, 0.6) is 11.8 Å². The van der Waals surface area contributed by atoms with Gasteiger partial charge in [-0.2, -0.15) is 9.97 Å². The monoisotopic (exact) mass is 449 g/mol. The summed E-state index contributed by atoms with van der Waals surface area (Å²) >= 11 is 0. The summed E-state index contributed by atoms with van der Waals surface area (Å²) in [5.74, 6) is 2.28. The minimum absolute atomic E-state index is 0.167. The molecule has 3 atom stereocenters. The van der Waals surface area contributed by atoms with Crippen molar-refractivity contribution in [3.05, 3.63) is 30.3 Å². The zero-order chi connectivity index (χ0) is 22.7. The van der Waals surface area contributed by atoms with Gasteiger partial charge in [0.25, 0.3) is 0 Å². The lowest BCUT2D eigenvalue weighted by Gasteiger charge is -2.36. The molecule has 3 aromatic heterocycles. The highest BCUT2D eigenvalue weighted by molar-refractivity contribution is 6.14. The highest BCUT2D eigenvalue weighted by Crippen LogP contribution is 2.44. The number of nitrogens with two attached hydrogens (primary N) is 1. The number of hydrogen-bond donors (Lipinski definition) is 4. The Morgan fingerprint density at radius 2 is 1.97 bits per heavy atom. The first kappa shape index (κ1) is 19.9. The number of H-pyrrole nitrogens is 1. The van der Waals surface area contributed by atoms with Gasteiger partial charge >= 0.3 is 6.01 Å². The van der Waals surface area contributed by atoms with Crippen LogP contribution in [0.2, 0.25) is 0 Å². The van der Waals surface area contributed by atoms with Crippen molar-refractivity contribution in [3.8, 4) is 11.8 Å². The predicted molar refractivity (Wildman–Crippen MR) is 124 cm³/mol. The zero-order valence-electron chi connectivity index (χ0n) is 18.3. The van der Waals surface area contributed by atoms with Gasteiger partial charge in [-0.15, -0.1) is 0 Å². The van der Waals surface area contributed by atoms with Gasteiger partial charge in [-0.3, -0.25) is 0 Å². The first-order chi connectivity index (χ1) is 16.0. The van der Waals surface area contributed by atoms with Crippen LogP contribution in [0.15, 0.2) is 24.5 Å². The first-order valence-electron chi connectivity index (χ1n) is 10.9. The summed E-state index contributed by atoms with van der Waals surface area (Å²) in [6.07, 6.45) is 4.13. The van der Waals surface area contributed by atoms with Crippen LogP contribution in [0.1, 0.15) is 6.42 Å². The van der Waals surface area contributed by atoms with Crippen LogP contribution in [-0.4, -0.2) is 58.1 Å². The van der Waals surface area contributed by atoms with Crippen molar-refractivity contribution in [2.45, 2.75) is 12.5 Å². The van der Waals surface area contributed by atoms with Crippen LogP contribution >= 0.6 is 0 Å². The third-order valence-electron chi connectivity index (χ3n) is 6.73. The van der Waals surface area contributed by atoms with E-state index in [4.69, 9.17) is 15.5 Å². The van der Waals surface area contributed by atoms with Crippen molar-refractivity contribution in [2.24, 2.45) is 17.6 Å². The minimum Gasteiger partial charge on any atom is -0.421 e. The highest BCUT2D eigenvalue weighted by Gasteiger charge is 2.46. The average Bonchev–Trinajstić information content (AvgIpc) is 3.36. The zero-order valence-corrected chi connectivity index (χ0v) is 18.3. The third kappa shape index (κ3) is 3.18. The van der Waals surface area contributed by atoms with E-state index < -0.39 is 0 Å². The smallest absolute Gasteiger partial charge is 0.326 e. The maximum absolute atomic E-state index is 14.4. The Labute approximate surface area is 188 Å². The molecule has 1 saturated heterocycles. The molecule has 1 aromatic carbocycles. The van der Waals surface area contributed by atoms with Gasteiger partial charge in [-0.05, 0) is 30.4 Å². The molecule has 2 fully saturated rings. The summed E-state index contributed by atoms with van der Waals surface area (Å²) in [5.41, 5.74) is 8.22. The summed E-state index contributed by atoms with van der Waals surface area (Å²) in [7, 11) is 3.50. The Kier molecular flexibility index (Phi) is 4.47. The van der Waals surface area contributed by atoms with Crippen LogP contribution in [0.3, 0.4) is 0 Å².